The summed E-state index contributed by atoms with van der Waals surface area (Å²) in [5.74, 6) is 0. The first kappa shape index (κ1) is 9.47. The van der Waals surface area contributed by atoms with E-state index < -0.39 is 8.96 Å². The van der Waals surface area contributed by atoms with Crippen molar-refractivity contribution in [2.45, 2.75) is 39.4 Å². The zero-order chi connectivity index (χ0) is 7.65. The molecule has 0 rings (SSSR count). The SMILES string of the molecule is C[SiH](C)N(Cl)C(C)(C)C. The van der Waals surface area contributed by atoms with E-state index in [4.69, 9.17) is 11.8 Å². The zero-order valence-corrected chi connectivity index (χ0v) is 8.81. The van der Waals surface area contributed by atoms with Gasteiger partial charge in [0.25, 0.3) is 0 Å². The van der Waals surface area contributed by atoms with Crippen LogP contribution in [0.25, 0.3) is 0 Å². The Morgan fingerprint density at radius 1 is 1.22 bits per heavy atom. The Morgan fingerprint density at radius 2 is 1.56 bits per heavy atom. The van der Waals surface area contributed by atoms with Gasteiger partial charge >= 0.3 is 0 Å². The van der Waals surface area contributed by atoms with Gasteiger partial charge in [0.2, 0.25) is 0 Å². The fourth-order valence-corrected chi connectivity index (χ4v) is 2.32. The Morgan fingerprint density at radius 3 is 1.56 bits per heavy atom. The van der Waals surface area contributed by atoms with Gasteiger partial charge in [0.1, 0.15) is 8.96 Å². The van der Waals surface area contributed by atoms with Crippen molar-refractivity contribution in [1.29, 1.82) is 0 Å². The Labute approximate surface area is 64.8 Å². The summed E-state index contributed by atoms with van der Waals surface area (Å²) < 4.78 is 1.97. The van der Waals surface area contributed by atoms with Crippen molar-refractivity contribution < 1.29 is 0 Å². The minimum Gasteiger partial charge on any atom is -0.241 e. The van der Waals surface area contributed by atoms with Gasteiger partial charge in [0, 0.05) is 5.54 Å². The highest BCUT2D eigenvalue weighted by Gasteiger charge is 2.21. The van der Waals surface area contributed by atoms with Crippen LogP contribution in [0.1, 0.15) is 20.8 Å². The van der Waals surface area contributed by atoms with Crippen molar-refractivity contribution in [3.8, 4) is 0 Å². The zero-order valence-electron chi connectivity index (χ0n) is 6.90. The van der Waals surface area contributed by atoms with Gasteiger partial charge in [0.05, 0.1) is 0 Å². The van der Waals surface area contributed by atoms with Crippen molar-refractivity contribution in [2.75, 3.05) is 0 Å². The third kappa shape index (κ3) is 3.23. The molecule has 1 nitrogen and oxygen atoms in total. The lowest BCUT2D eigenvalue weighted by molar-refractivity contribution is 0.378. The molecule has 0 aromatic heterocycles. The number of halogens is 1. The van der Waals surface area contributed by atoms with E-state index in [1.807, 2.05) is 4.08 Å². The highest BCUT2D eigenvalue weighted by molar-refractivity contribution is 6.59. The van der Waals surface area contributed by atoms with Crippen molar-refractivity contribution >= 4 is 20.7 Å². The predicted octanol–water partition coefficient (Wildman–Crippen LogP) is 2.22. The van der Waals surface area contributed by atoms with E-state index in [2.05, 4.69) is 33.9 Å². The van der Waals surface area contributed by atoms with E-state index in [0.29, 0.717) is 0 Å². The first-order chi connectivity index (χ1) is 3.85. The maximum Gasteiger partial charge on any atom is 0.126 e. The van der Waals surface area contributed by atoms with E-state index in [9.17, 15) is 0 Å². The van der Waals surface area contributed by atoms with E-state index in [0.717, 1.165) is 0 Å². The van der Waals surface area contributed by atoms with Gasteiger partial charge in [-0.3, -0.25) is 0 Å². The van der Waals surface area contributed by atoms with Crippen LogP contribution < -0.4 is 0 Å². The molecular weight excluding hydrogens is 150 g/mol. The molecule has 0 heterocycles. The summed E-state index contributed by atoms with van der Waals surface area (Å²) in [6, 6.07) is 0. The van der Waals surface area contributed by atoms with Crippen LogP contribution in [0.2, 0.25) is 13.1 Å². The molecule has 9 heavy (non-hydrogen) atoms. The summed E-state index contributed by atoms with van der Waals surface area (Å²) >= 11 is 5.99. The number of nitrogens with zero attached hydrogens (tertiary/aromatic N) is 1. The largest absolute Gasteiger partial charge is 0.241 e. The molecule has 0 amide bonds. The van der Waals surface area contributed by atoms with Crippen LogP contribution in [-0.4, -0.2) is 18.6 Å². The topological polar surface area (TPSA) is 3.24 Å². The highest BCUT2D eigenvalue weighted by Crippen LogP contribution is 2.17. The van der Waals surface area contributed by atoms with Crippen molar-refractivity contribution in [3.05, 3.63) is 0 Å². The average molecular weight is 166 g/mol. The molecule has 0 aliphatic rings. The molecule has 0 fully saturated rings. The van der Waals surface area contributed by atoms with Gasteiger partial charge in [-0.15, -0.1) is 0 Å². The van der Waals surface area contributed by atoms with E-state index in [-0.39, 0.29) is 5.54 Å². The standard InChI is InChI=1S/C6H16ClNSi/c1-6(2,3)8(7)9(4)5/h9H,1-5H3. The van der Waals surface area contributed by atoms with E-state index in [1.165, 1.54) is 0 Å². The number of rotatable bonds is 1. The Bertz CT molecular complexity index is 87.5. The van der Waals surface area contributed by atoms with E-state index >= 15 is 0 Å². The molecule has 0 unspecified atom stereocenters. The Hall–Kier alpha value is 0.467. The van der Waals surface area contributed by atoms with Gasteiger partial charge in [-0.2, -0.15) is 0 Å². The second-order valence-corrected chi connectivity index (χ2v) is 6.97. The lowest BCUT2D eigenvalue weighted by Gasteiger charge is -2.31. The molecule has 0 aliphatic carbocycles. The van der Waals surface area contributed by atoms with Crippen LogP contribution in [0.5, 0.6) is 0 Å². The van der Waals surface area contributed by atoms with Crippen molar-refractivity contribution in [3.63, 3.8) is 0 Å². The monoisotopic (exact) mass is 165 g/mol. The summed E-state index contributed by atoms with van der Waals surface area (Å²) in [6.07, 6.45) is 0. The van der Waals surface area contributed by atoms with Crippen LogP contribution in [0.3, 0.4) is 0 Å². The van der Waals surface area contributed by atoms with Gasteiger partial charge < -0.3 is 0 Å². The summed E-state index contributed by atoms with van der Waals surface area (Å²) in [7, 11) is -0.791. The maximum absolute atomic E-state index is 5.99. The lowest BCUT2D eigenvalue weighted by atomic mass is 10.1. The molecule has 0 N–H and O–H groups in total. The van der Waals surface area contributed by atoms with Crippen LogP contribution in [-0.2, 0) is 0 Å². The van der Waals surface area contributed by atoms with Crippen LogP contribution in [0, 0.1) is 0 Å². The summed E-state index contributed by atoms with van der Waals surface area (Å²) in [6.45, 7) is 10.8. The molecule has 56 valence electrons. The third-order valence-electron chi connectivity index (χ3n) is 1.09. The Balaban J connectivity index is 3.88. The molecular formula is C6H16ClNSi. The second-order valence-electron chi connectivity index (χ2n) is 3.58. The van der Waals surface area contributed by atoms with Crippen LogP contribution in [0.4, 0.5) is 0 Å². The second kappa shape index (κ2) is 3.04. The summed E-state index contributed by atoms with van der Waals surface area (Å²) in [5.41, 5.74) is 0.141. The van der Waals surface area contributed by atoms with Crippen LogP contribution >= 0.6 is 11.8 Å². The average Bonchev–Trinajstić information content (AvgIpc) is 1.62. The normalized spacial score (nSPS) is 13.3. The molecule has 0 spiro atoms. The lowest BCUT2D eigenvalue weighted by Crippen LogP contribution is -2.41. The fraction of sp³-hybridized carbons (Fsp3) is 1.00. The smallest absolute Gasteiger partial charge is 0.126 e. The summed E-state index contributed by atoms with van der Waals surface area (Å²) in [4.78, 5) is 0. The molecule has 0 aromatic carbocycles. The molecule has 0 saturated heterocycles. The number of hydrogen-bond acceptors (Lipinski definition) is 1. The number of hydrogen-bond donors (Lipinski definition) is 0. The Kier molecular flexibility index (Phi) is 3.19. The molecule has 0 aromatic rings. The van der Waals surface area contributed by atoms with Gasteiger partial charge in [0.15, 0.2) is 0 Å². The first-order valence-corrected chi connectivity index (χ1v) is 6.47. The molecule has 3 heteroatoms. The van der Waals surface area contributed by atoms with Gasteiger partial charge in [-0.25, -0.2) is 4.08 Å². The van der Waals surface area contributed by atoms with Gasteiger partial charge in [-0.1, -0.05) is 13.1 Å². The fourth-order valence-electron chi connectivity index (χ4n) is 0.775. The van der Waals surface area contributed by atoms with Crippen molar-refractivity contribution in [2.24, 2.45) is 0 Å². The molecule has 0 radical (unpaired) electrons. The first-order valence-electron chi connectivity index (χ1n) is 3.31. The minimum absolute atomic E-state index is 0.141. The highest BCUT2D eigenvalue weighted by atomic mass is 35.5. The third-order valence-corrected chi connectivity index (χ3v) is 4.45. The van der Waals surface area contributed by atoms with Crippen LogP contribution in [0.15, 0.2) is 0 Å². The van der Waals surface area contributed by atoms with E-state index in [1.54, 1.807) is 0 Å². The summed E-state index contributed by atoms with van der Waals surface area (Å²) in [5, 5.41) is 0. The molecule has 0 bridgehead atoms. The molecule has 0 saturated carbocycles. The quantitative estimate of drug-likeness (QED) is 0.426. The van der Waals surface area contributed by atoms with Crippen molar-refractivity contribution in [1.82, 2.24) is 4.08 Å². The maximum atomic E-state index is 5.99. The minimum atomic E-state index is -0.791. The molecule has 0 atom stereocenters. The van der Waals surface area contributed by atoms with Gasteiger partial charge in [-0.05, 0) is 32.5 Å². The molecule has 0 aliphatic heterocycles. The predicted molar refractivity (Wildman–Crippen MR) is 46.3 cm³/mol.